The Morgan fingerprint density at radius 3 is 2.53 bits per heavy atom. The Bertz CT molecular complexity index is 1770. The summed E-state index contributed by atoms with van der Waals surface area (Å²) >= 11 is 0. The van der Waals surface area contributed by atoms with Gasteiger partial charge in [0.15, 0.2) is 17.2 Å². The zero-order valence-electron chi connectivity index (χ0n) is 27.2. The van der Waals surface area contributed by atoms with Crippen LogP contribution in [-0.4, -0.2) is 88.9 Å². The first kappa shape index (κ1) is 31.0. The summed E-state index contributed by atoms with van der Waals surface area (Å²) in [6.07, 6.45) is 11.2. The van der Waals surface area contributed by atoms with Crippen molar-refractivity contribution in [3.8, 4) is 22.9 Å². The summed E-state index contributed by atoms with van der Waals surface area (Å²) in [5.41, 5.74) is 5.23. The molecule has 0 aliphatic carbocycles. The van der Waals surface area contributed by atoms with Crippen molar-refractivity contribution < 1.29 is 19.1 Å². The standard InChI is InChI=1S/C38H43N5O4/c1-46-33-27-31-29(16-17-30-14-11-20-42(30)37(31)44)26-34(33)47-25-10-3-2-8-18-40-21-23-41(24-22-40)38(45)35-32-15-7-9-19-43(32)36(39-35)28-12-5-4-6-13-28/h4-7,9,12-13,15,17,19,26-27H,2-3,8,10-11,14,16,18,20-25H2,1H3. The highest BCUT2D eigenvalue weighted by atomic mass is 16.5. The first-order valence-corrected chi connectivity index (χ1v) is 17.0. The van der Waals surface area contributed by atoms with Crippen molar-refractivity contribution >= 4 is 17.3 Å². The van der Waals surface area contributed by atoms with E-state index in [2.05, 4.69) is 11.0 Å². The lowest BCUT2D eigenvalue weighted by Crippen LogP contribution is -2.49. The maximum absolute atomic E-state index is 13.6. The minimum absolute atomic E-state index is 0.00518. The Balaban J connectivity index is 0.849. The minimum atomic E-state index is 0.00518. The molecule has 0 bridgehead atoms. The third kappa shape index (κ3) is 6.49. The van der Waals surface area contributed by atoms with Crippen LogP contribution in [0.25, 0.3) is 16.9 Å². The van der Waals surface area contributed by atoms with Crippen LogP contribution in [0.5, 0.6) is 11.5 Å². The van der Waals surface area contributed by atoms with Gasteiger partial charge in [0.1, 0.15) is 5.82 Å². The molecule has 7 rings (SSSR count). The molecule has 2 amide bonds. The summed E-state index contributed by atoms with van der Waals surface area (Å²) in [7, 11) is 1.63. The largest absolute Gasteiger partial charge is 0.493 e. The Kier molecular flexibility index (Phi) is 9.24. The first-order chi connectivity index (χ1) is 23.1. The number of nitrogens with zero attached hydrogens (tertiary/aromatic N) is 5. The average Bonchev–Trinajstić information content (AvgIpc) is 3.73. The lowest BCUT2D eigenvalue weighted by atomic mass is 10.0. The van der Waals surface area contributed by atoms with Gasteiger partial charge in [-0.25, -0.2) is 4.98 Å². The van der Waals surface area contributed by atoms with Crippen molar-refractivity contribution in [1.82, 2.24) is 24.1 Å². The molecule has 2 aromatic carbocycles. The van der Waals surface area contributed by atoms with E-state index in [0.29, 0.717) is 36.9 Å². The Labute approximate surface area is 276 Å². The molecule has 0 saturated carbocycles. The molecule has 3 aliphatic heterocycles. The fourth-order valence-electron chi connectivity index (χ4n) is 7.04. The third-order valence-corrected chi connectivity index (χ3v) is 9.65. The number of carbonyl (C=O) groups excluding carboxylic acids is 2. The number of carbonyl (C=O) groups is 2. The van der Waals surface area contributed by atoms with Crippen LogP contribution in [0, 0.1) is 0 Å². The maximum Gasteiger partial charge on any atom is 0.274 e. The monoisotopic (exact) mass is 633 g/mol. The van der Waals surface area contributed by atoms with Crippen molar-refractivity contribution in [2.45, 2.75) is 44.9 Å². The number of unbranched alkanes of at least 4 members (excludes halogenated alkanes) is 3. The molecule has 0 unspecified atom stereocenters. The van der Waals surface area contributed by atoms with Crippen LogP contribution >= 0.6 is 0 Å². The fourth-order valence-corrected chi connectivity index (χ4v) is 7.04. The fraction of sp³-hybridized carbons (Fsp3) is 0.395. The predicted octanol–water partition coefficient (Wildman–Crippen LogP) is 6.08. The quantitative estimate of drug-likeness (QED) is 0.186. The molecule has 2 saturated heterocycles. The van der Waals surface area contributed by atoms with Gasteiger partial charge in [-0.2, -0.15) is 0 Å². The number of allylic oxidation sites excluding steroid dienone is 2. The van der Waals surface area contributed by atoms with Crippen molar-refractivity contribution in [2.24, 2.45) is 0 Å². The van der Waals surface area contributed by atoms with E-state index >= 15 is 0 Å². The number of rotatable bonds is 11. The molecule has 9 nitrogen and oxygen atoms in total. The van der Waals surface area contributed by atoms with Gasteiger partial charge in [0, 0.05) is 55.7 Å². The maximum atomic E-state index is 13.6. The van der Waals surface area contributed by atoms with Gasteiger partial charge in [-0.3, -0.25) is 18.9 Å². The summed E-state index contributed by atoms with van der Waals surface area (Å²) in [5, 5.41) is 0. The lowest BCUT2D eigenvalue weighted by molar-refractivity contribution is 0.0631. The molecule has 0 atom stereocenters. The number of benzene rings is 2. The van der Waals surface area contributed by atoms with E-state index in [1.54, 1.807) is 7.11 Å². The Hall–Kier alpha value is -4.63. The van der Waals surface area contributed by atoms with Crippen LogP contribution in [-0.2, 0) is 6.42 Å². The van der Waals surface area contributed by atoms with E-state index in [-0.39, 0.29) is 11.8 Å². The van der Waals surface area contributed by atoms with Crippen LogP contribution in [0.3, 0.4) is 0 Å². The van der Waals surface area contributed by atoms with Crippen molar-refractivity contribution in [3.05, 3.63) is 95.5 Å². The summed E-state index contributed by atoms with van der Waals surface area (Å²) in [6, 6.07) is 19.8. The van der Waals surface area contributed by atoms with Crippen LogP contribution in [0.2, 0.25) is 0 Å². The number of imidazole rings is 1. The van der Waals surface area contributed by atoms with Gasteiger partial charge in [-0.1, -0.05) is 55.3 Å². The highest BCUT2D eigenvalue weighted by Crippen LogP contribution is 2.36. The van der Waals surface area contributed by atoms with Crippen LogP contribution in [0.4, 0.5) is 0 Å². The lowest BCUT2D eigenvalue weighted by Gasteiger charge is -2.34. The molecule has 2 aromatic heterocycles. The Morgan fingerprint density at radius 1 is 0.894 bits per heavy atom. The Morgan fingerprint density at radius 2 is 1.70 bits per heavy atom. The summed E-state index contributed by atoms with van der Waals surface area (Å²) in [4.78, 5) is 37.9. The number of ether oxygens (including phenoxy) is 2. The van der Waals surface area contributed by atoms with Crippen LogP contribution < -0.4 is 9.47 Å². The molecule has 2 fully saturated rings. The van der Waals surface area contributed by atoms with Crippen LogP contribution in [0.1, 0.15) is 64.9 Å². The van der Waals surface area contributed by atoms with Gasteiger partial charge < -0.3 is 19.3 Å². The highest BCUT2D eigenvalue weighted by molar-refractivity contribution is 6.00. The number of amides is 2. The van der Waals surface area contributed by atoms with E-state index in [0.717, 1.165) is 105 Å². The number of methoxy groups -OCH3 is 1. The summed E-state index contributed by atoms with van der Waals surface area (Å²) in [6.45, 7) is 5.62. The zero-order valence-corrected chi connectivity index (χ0v) is 27.2. The smallest absolute Gasteiger partial charge is 0.274 e. The molecule has 5 heterocycles. The van der Waals surface area contributed by atoms with Gasteiger partial charge in [-0.05, 0) is 68.5 Å². The van der Waals surface area contributed by atoms with Crippen molar-refractivity contribution in [1.29, 1.82) is 0 Å². The molecule has 0 spiro atoms. The predicted molar refractivity (Wildman–Crippen MR) is 182 cm³/mol. The molecule has 244 valence electrons. The molecule has 0 radical (unpaired) electrons. The molecule has 4 aromatic rings. The van der Waals surface area contributed by atoms with E-state index < -0.39 is 0 Å². The SMILES string of the molecule is COc1cc2c(cc1OCCCCCCN1CCN(C(=O)c3nc(-c4ccccc4)n4ccccc34)CC1)CC=C1CCCN1C2=O. The topological polar surface area (TPSA) is 79.6 Å². The first-order valence-electron chi connectivity index (χ1n) is 17.0. The average molecular weight is 634 g/mol. The highest BCUT2D eigenvalue weighted by Gasteiger charge is 2.30. The van der Waals surface area contributed by atoms with Crippen molar-refractivity contribution in [3.63, 3.8) is 0 Å². The van der Waals surface area contributed by atoms with Gasteiger partial charge >= 0.3 is 0 Å². The van der Waals surface area contributed by atoms with Gasteiger partial charge in [0.05, 0.1) is 19.2 Å². The second kappa shape index (κ2) is 14.0. The third-order valence-electron chi connectivity index (χ3n) is 9.65. The minimum Gasteiger partial charge on any atom is -0.493 e. The van der Waals surface area contributed by atoms with Gasteiger partial charge in [0.2, 0.25) is 0 Å². The second-order valence-electron chi connectivity index (χ2n) is 12.6. The van der Waals surface area contributed by atoms with E-state index in [1.165, 1.54) is 0 Å². The number of hydrogen-bond acceptors (Lipinski definition) is 6. The summed E-state index contributed by atoms with van der Waals surface area (Å²) in [5.74, 6) is 2.20. The van der Waals surface area contributed by atoms with E-state index in [4.69, 9.17) is 14.5 Å². The molecular weight excluding hydrogens is 590 g/mol. The zero-order chi connectivity index (χ0) is 32.2. The summed E-state index contributed by atoms with van der Waals surface area (Å²) < 4.78 is 13.8. The molecule has 9 heteroatoms. The number of pyridine rings is 1. The number of hydrogen-bond donors (Lipinski definition) is 0. The van der Waals surface area contributed by atoms with E-state index in [9.17, 15) is 9.59 Å². The van der Waals surface area contributed by atoms with Gasteiger partial charge in [0.25, 0.3) is 11.8 Å². The molecule has 0 N–H and O–H groups in total. The molecule has 47 heavy (non-hydrogen) atoms. The molecular formula is C38H43N5O4. The van der Waals surface area contributed by atoms with Crippen LogP contribution in [0.15, 0.2) is 78.6 Å². The van der Waals surface area contributed by atoms with Gasteiger partial charge in [-0.15, -0.1) is 0 Å². The normalized spacial score (nSPS) is 16.5. The number of fused-ring (bicyclic) bond motifs is 3. The van der Waals surface area contributed by atoms with Crippen molar-refractivity contribution in [2.75, 3.05) is 53.0 Å². The number of aromatic nitrogens is 2. The second-order valence-corrected chi connectivity index (χ2v) is 12.6. The van der Waals surface area contributed by atoms with E-state index in [1.807, 2.05) is 81.1 Å². The number of piperazine rings is 1. The molecule has 3 aliphatic rings.